The van der Waals surface area contributed by atoms with E-state index in [1.807, 2.05) is 42.5 Å². The number of halogens is 2. The number of carbonyl (C=O) groups excluding carboxylic acids is 1. The molecule has 0 radical (unpaired) electrons. The summed E-state index contributed by atoms with van der Waals surface area (Å²) < 4.78 is 0. The van der Waals surface area contributed by atoms with Crippen LogP contribution in [0.5, 0.6) is 0 Å². The van der Waals surface area contributed by atoms with Crippen molar-refractivity contribution in [1.29, 1.82) is 0 Å². The summed E-state index contributed by atoms with van der Waals surface area (Å²) in [4.78, 5) is 23.8. The number of hydrogen-bond donors (Lipinski definition) is 2. The molecule has 0 aliphatic heterocycles. The maximum Gasteiger partial charge on any atom is 0.305 e. The van der Waals surface area contributed by atoms with Gasteiger partial charge in [-0.3, -0.25) is 9.59 Å². The molecule has 0 bridgehead atoms. The first-order valence-corrected chi connectivity index (χ1v) is 9.59. The van der Waals surface area contributed by atoms with Crippen LogP contribution in [0.15, 0.2) is 60.7 Å². The molecule has 3 rings (SSSR count). The molecule has 1 amide bonds. The first-order chi connectivity index (χ1) is 13.4. The number of nitrogens with one attached hydrogen (secondary N) is 1. The number of amides is 1. The zero-order valence-corrected chi connectivity index (χ0v) is 16.5. The van der Waals surface area contributed by atoms with E-state index < -0.39 is 12.0 Å². The predicted molar refractivity (Wildman–Crippen MR) is 112 cm³/mol. The number of hydrogen-bond acceptors (Lipinski definition) is 2. The van der Waals surface area contributed by atoms with Crippen LogP contribution < -0.4 is 5.32 Å². The number of carbonyl (C=O) groups is 2. The summed E-state index contributed by atoms with van der Waals surface area (Å²) in [7, 11) is 0. The molecule has 0 aliphatic rings. The van der Waals surface area contributed by atoms with E-state index in [-0.39, 0.29) is 18.7 Å². The third-order valence-corrected chi connectivity index (χ3v) is 5.22. The van der Waals surface area contributed by atoms with Crippen molar-refractivity contribution in [2.75, 3.05) is 0 Å². The van der Waals surface area contributed by atoms with Crippen molar-refractivity contribution in [3.63, 3.8) is 0 Å². The lowest BCUT2D eigenvalue weighted by molar-refractivity contribution is -0.137. The first-order valence-electron chi connectivity index (χ1n) is 8.84. The second kappa shape index (κ2) is 9.09. The molecule has 0 saturated carbocycles. The van der Waals surface area contributed by atoms with Gasteiger partial charge in [0.25, 0.3) is 0 Å². The topological polar surface area (TPSA) is 66.4 Å². The molecule has 3 aromatic carbocycles. The maximum absolute atomic E-state index is 12.5. The molecule has 1 atom stereocenters. The summed E-state index contributed by atoms with van der Waals surface area (Å²) >= 11 is 11.9. The van der Waals surface area contributed by atoms with Crippen molar-refractivity contribution in [3.8, 4) is 0 Å². The third-order valence-electron chi connectivity index (χ3n) is 4.48. The molecule has 4 nitrogen and oxygen atoms in total. The minimum Gasteiger partial charge on any atom is -0.481 e. The minimum absolute atomic E-state index is 0.0997. The highest BCUT2D eigenvalue weighted by molar-refractivity contribution is 6.42. The van der Waals surface area contributed by atoms with E-state index in [1.54, 1.807) is 18.2 Å². The number of benzene rings is 3. The monoisotopic (exact) mass is 415 g/mol. The molecule has 2 N–H and O–H groups in total. The smallest absolute Gasteiger partial charge is 0.305 e. The molecule has 144 valence electrons. The Morgan fingerprint density at radius 3 is 2.46 bits per heavy atom. The van der Waals surface area contributed by atoms with Gasteiger partial charge < -0.3 is 10.4 Å². The summed E-state index contributed by atoms with van der Waals surface area (Å²) in [6, 6.07) is 18.3. The highest BCUT2D eigenvalue weighted by Gasteiger charge is 2.18. The minimum atomic E-state index is -0.958. The molecule has 0 fully saturated rings. The van der Waals surface area contributed by atoms with Gasteiger partial charge in [0.15, 0.2) is 0 Å². The summed E-state index contributed by atoms with van der Waals surface area (Å²) in [5, 5.41) is 15.0. The summed E-state index contributed by atoms with van der Waals surface area (Å²) in [6.07, 6.45) is 0.375. The second-order valence-electron chi connectivity index (χ2n) is 6.63. The van der Waals surface area contributed by atoms with Crippen LogP contribution in [-0.2, 0) is 22.4 Å². The van der Waals surface area contributed by atoms with Gasteiger partial charge in [0.2, 0.25) is 5.91 Å². The lowest BCUT2D eigenvalue weighted by Gasteiger charge is -2.18. The van der Waals surface area contributed by atoms with Gasteiger partial charge in [0, 0.05) is 6.04 Å². The highest BCUT2D eigenvalue weighted by Crippen LogP contribution is 2.23. The van der Waals surface area contributed by atoms with Crippen LogP contribution in [0.3, 0.4) is 0 Å². The van der Waals surface area contributed by atoms with E-state index in [1.165, 1.54) is 0 Å². The second-order valence-corrected chi connectivity index (χ2v) is 7.44. The van der Waals surface area contributed by atoms with Crippen LogP contribution in [0.2, 0.25) is 10.0 Å². The molecule has 3 aromatic rings. The van der Waals surface area contributed by atoms with E-state index in [9.17, 15) is 14.7 Å². The Bertz CT molecular complexity index is 1010. The molecule has 28 heavy (non-hydrogen) atoms. The summed E-state index contributed by atoms with van der Waals surface area (Å²) in [6.45, 7) is 0. The molecular weight excluding hydrogens is 397 g/mol. The standard InChI is InChI=1S/C22H19Cl2NO3/c23-19-9-8-14(10-20(19)24)11-21(26)25-17(13-22(27)28)12-16-6-3-5-15-4-1-2-7-18(15)16/h1-10,17H,11-13H2,(H,25,26)(H,27,28)/t17-/m1/s1. The van der Waals surface area contributed by atoms with Crippen LogP contribution in [0.4, 0.5) is 0 Å². The molecule has 0 aliphatic carbocycles. The van der Waals surface area contributed by atoms with Crippen molar-refractivity contribution in [2.45, 2.75) is 25.3 Å². The molecule has 0 saturated heterocycles. The molecular formula is C22H19Cl2NO3. The number of rotatable bonds is 7. The largest absolute Gasteiger partial charge is 0.481 e. The van der Waals surface area contributed by atoms with Gasteiger partial charge in [-0.05, 0) is 40.5 Å². The van der Waals surface area contributed by atoms with Crippen LogP contribution in [-0.4, -0.2) is 23.0 Å². The van der Waals surface area contributed by atoms with Crippen molar-refractivity contribution in [3.05, 3.63) is 81.8 Å². The van der Waals surface area contributed by atoms with Crippen LogP contribution >= 0.6 is 23.2 Å². The highest BCUT2D eigenvalue weighted by atomic mass is 35.5. The Morgan fingerprint density at radius 2 is 1.71 bits per heavy atom. The van der Waals surface area contributed by atoms with Crippen molar-refractivity contribution in [1.82, 2.24) is 5.32 Å². The number of carboxylic acids is 1. The van der Waals surface area contributed by atoms with Crippen LogP contribution in [0.25, 0.3) is 10.8 Å². The number of fused-ring (bicyclic) bond motifs is 1. The van der Waals surface area contributed by atoms with Gasteiger partial charge in [-0.2, -0.15) is 0 Å². The van der Waals surface area contributed by atoms with Crippen molar-refractivity contribution < 1.29 is 14.7 Å². The maximum atomic E-state index is 12.5. The van der Waals surface area contributed by atoms with Crippen molar-refractivity contribution in [2.24, 2.45) is 0 Å². The van der Waals surface area contributed by atoms with Gasteiger partial charge in [-0.1, -0.05) is 71.7 Å². The number of aliphatic carboxylic acids is 1. The average molecular weight is 416 g/mol. The summed E-state index contributed by atoms with van der Waals surface area (Å²) in [5.41, 5.74) is 1.71. The van der Waals surface area contributed by atoms with Gasteiger partial charge in [0.1, 0.15) is 0 Å². The molecule has 0 heterocycles. The molecule has 0 aromatic heterocycles. The van der Waals surface area contributed by atoms with Gasteiger partial charge in [-0.15, -0.1) is 0 Å². The average Bonchev–Trinajstić information content (AvgIpc) is 2.64. The summed E-state index contributed by atoms with van der Waals surface area (Å²) in [5.74, 6) is -1.22. The fraction of sp³-hybridized carbons (Fsp3) is 0.182. The van der Waals surface area contributed by atoms with E-state index in [0.717, 1.165) is 16.3 Å². The van der Waals surface area contributed by atoms with Crippen molar-refractivity contribution >= 4 is 45.9 Å². The van der Waals surface area contributed by atoms with Gasteiger partial charge in [-0.25, -0.2) is 0 Å². The van der Waals surface area contributed by atoms with Crippen LogP contribution in [0.1, 0.15) is 17.5 Å². The normalized spacial score (nSPS) is 11.9. The third kappa shape index (κ3) is 5.24. The fourth-order valence-electron chi connectivity index (χ4n) is 3.23. The van der Waals surface area contributed by atoms with E-state index in [4.69, 9.17) is 23.2 Å². The van der Waals surface area contributed by atoms with Crippen LogP contribution in [0, 0.1) is 0 Å². The van der Waals surface area contributed by atoms with E-state index in [2.05, 4.69) is 5.32 Å². The van der Waals surface area contributed by atoms with Gasteiger partial charge >= 0.3 is 5.97 Å². The Kier molecular flexibility index (Phi) is 6.55. The molecule has 6 heteroatoms. The van der Waals surface area contributed by atoms with E-state index >= 15 is 0 Å². The SMILES string of the molecule is O=C(O)C[C@@H](Cc1cccc2ccccc12)NC(=O)Cc1ccc(Cl)c(Cl)c1. The lowest BCUT2D eigenvalue weighted by Crippen LogP contribution is -2.39. The van der Waals surface area contributed by atoms with E-state index in [0.29, 0.717) is 22.0 Å². The molecule has 0 unspecified atom stereocenters. The number of carboxylic acid groups (broad SMARTS) is 1. The first kappa shape index (κ1) is 20.2. The quantitative estimate of drug-likeness (QED) is 0.576. The zero-order valence-electron chi connectivity index (χ0n) is 15.0. The predicted octanol–water partition coefficient (Wildman–Crippen LogP) is 4.89. The molecule has 0 spiro atoms. The lowest BCUT2D eigenvalue weighted by atomic mass is 9.97. The Balaban J connectivity index is 1.75. The Labute approximate surface area is 173 Å². The Hall–Kier alpha value is -2.56. The Morgan fingerprint density at radius 1 is 0.964 bits per heavy atom. The zero-order chi connectivity index (χ0) is 20.1. The van der Waals surface area contributed by atoms with Gasteiger partial charge in [0.05, 0.1) is 22.9 Å². The fourth-order valence-corrected chi connectivity index (χ4v) is 3.56.